The van der Waals surface area contributed by atoms with Gasteiger partial charge in [0, 0.05) is 11.7 Å². The lowest BCUT2D eigenvalue weighted by Gasteiger charge is -2.16. The Morgan fingerprint density at radius 2 is 2.27 bits per heavy atom. The number of hydrogen-bond donors (Lipinski definition) is 1. The van der Waals surface area contributed by atoms with Gasteiger partial charge in [-0.2, -0.15) is 0 Å². The van der Waals surface area contributed by atoms with Gasteiger partial charge in [-0.15, -0.1) is 0 Å². The summed E-state index contributed by atoms with van der Waals surface area (Å²) in [6.45, 7) is 6.01. The standard InChI is InChI=1S/C14H21N/c1-3-4-7-10-13(2)15-14-11-8-5-6-9-12-14/h3-5,7-8,10,14-15H,2,6,9,11-12H2,1H3/b4-3-,10-7-. The van der Waals surface area contributed by atoms with Crippen molar-refractivity contribution >= 4 is 0 Å². The van der Waals surface area contributed by atoms with E-state index >= 15 is 0 Å². The van der Waals surface area contributed by atoms with Gasteiger partial charge in [-0.05, 0) is 38.7 Å². The van der Waals surface area contributed by atoms with E-state index in [0.29, 0.717) is 6.04 Å². The molecule has 0 aliphatic heterocycles. The van der Waals surface area contributed by atoms with Crippen LogP contribution in [-0.4, -0.2) is 6.04 Å². The zero-order valence-electron chi connectivity index (χ0n) is 9.58. The second-order valence-corrected chi connectivity index (χ2v) is 3.89. The van der Waals surface area contributed by atoms with E-state index in [1.54, 1.807) is 0 Å². The summed E-state index contributed by atoms with van der Waals surface area (Å²) in [6.07, 6.45) is 17.5. The fourth-order valence-electron chi connectivity index (χ4n) is 1.70. The molecule has 82 valence electrons. The fraction of sp³-hybridized carbons (Fsp3) is 0.429. The van der Waals surface area contributed by atoms with Gasteiger partial charge in [-0.3, -0.25) is 0 Å². The van der Waals surface area contributed by atoms with Crippen LogP contribution in [0, 0.1) is 0 Å². The van der Waals surface area contributed by atoms with Crippen molar-refractivity contribution in [2.75, 3.05) is 0 Å². The molecule has 15 heavy (non-hydrogen) atoms. The van der Waals surface area contributed by atoms with Crippen LogP contribution in [0.1, 0.15) is 32.6 Å². The van der Waals surface area contributed by atoms with Crippen LogP contribution in [0.15, 0.2) is 48.7 Å². The summed E-state index contributed by atoms with van der Waals surface area (Å²) < 4.78 is 0. The second kappa shape index (κ2) is 7.10. The minimum atomic E-state index is 0.562. The molecule has 0 saturated heterocycles. The first-order valence-corrected chi connectivity index (χ1v) is 5.72. The highest BCUT2D eigenvalue weighted by Crippen LogP contribution is 2.12. The summed E-state index contributed by atoms with van der Waals surface area (Å²) in [6, 6.07) is 0.562. The highest BCUT2D eigenvalue weighted by atomic mass is 14.9. The number of nitrogens with one attached hydrogen (secondary N) is 1. The monoisotopic (exact) mass is 203 g/mol. The molecule has 0 fully saturated rings. The minimum Gasteiger partial charge on any atom is -0.382 e. The van der Waals surface area contributed by atoms with E-state index in [1.807, 2.05) is 31.2 Å². The lowest BCUT2D eigenvalue weighted by molar-refractivity contribution is 0.531. The molecule has 1 unspecified atom stereocenters. The van der Waals surface area contributed by atoms with E-state index in [9.17, 15) is 0 Å². The van der Waals surface area contributed by atoms with Gasteiger partial charge in [0.1, 0.15) is 0 Å². The summed E-state index contributed by atoms with van der Waals surface area (Å²) >= 11 is 0. The molecule has 0 aromatic rings. The van der Waals surface area contributed by atoms with Crippen molar-refractivity contribution in [3.63, 3.8) is 0 Å². The van der Waals surface area contributed by atoms with Crippen LogP contribution in [0.25, 0.3) is 0 Å². The van der Waals surface area contributed by atoms with Crippen molar-refractivity contribution in [1.82, 2.24) is 5.32 Å². The summed E-state index contributed by atoms with van der Waals surface area (Å²) in [5, 5.41) is 3.45. The first kappa shape index (κ1) is 11.8. The molecule has 0 aromatic carbocycles. The van der Waals surface area contributed by atoms with Crippen molar-refractivity contribution in [2.45, 2.75) is 38.6 Å². The topological polar surface area (TPSA) is 12.0 Å². The Hall–Kier alpha value is -1.24. The SMILES string of the molecule is C=C(/C=C\C=C/C)NC1CC=CCCC1. The van der Waals surface area contributed by atoms with E-state index in [0.717, 1.165) is 12.1 Å². The summed E-state index contributed by atoms with van der Waals surface area (Å²) in [5.41, 5.74) is 1.01. The normalized spacial score (nSPS) is 22.1. The van der Waals surface area contributed by atoms with Crippen molar-refractivity contribution in [2.24, 2.45) is 0 Å². The van der Waals surface area contributed by atoms with Crippen LogP contribution in [-0.2, 0) is 0 Å². The van der Waals surface area contributed by atoms with Gasteiger partial charge in [0.2, 0.25) is 0 Å². The van der Waals surface area contributed by atoms with Crippen LogP contribution in [0.3, 0.4) is 0 Å². The van der Waals surface area contributed by atoms with Crippen molar-refractivity contribution in [3.05, 3.63) is 48.7 Å². The predicted molar refractivity (Wildman–Crippen MR) is 67.6 cm³/mol. The van der Waals surface area contributed by atoms with Gasteiger partial charge in [0.25, 0.3) is 0 Å². The van der Waals surface area contributed by atoms with Crippen molar-refractivity contribution < 1.29 is 0 Å². The van der Waals surface area contributed by atoms with Crippen LogP contribution >= 0.6 is 0 Å². The lowest BCUT2D eigenvalue weighted by Crippen LogP contribution is -2.26. The maximum Gasteiger partial charge on any atom is 0.0295 e. The minimum absolute atomic E-state index is 0.562. The van der Waals surface area contributed by atoms with E-state index in [1.165, 1.54) is 19.3 Å². The van der Waals surface area contributed by atoms with E-state index in [-0.39, 0.29) is 0 Å². The first-order valence-electron chi connectivity index (χ1n) is 5.72. The van der Waals surface area contributed by atoms with Gasteiger partial charge >= 0.3 is 0 Å². The average Bonchev–Trinajstić information content (AvgIpc) is 2.47. The fourth-order valence-corrected chi connectivity index (χ4v) is 1.70. The van der Waals surface area contributed by atoms with E-state index < -0.39 is 0 Å². The molecule has 0 amide bonds. The summed E-state index contributed by atoms with van der Waals surface area (Å²) in [7, 11) is 0. The molecule has 1 atom stereocenters. The molecule has 1 heteroatoms. The van der Waals surface area contributed by atoms with Crippen molar-refractivity contribution in [1.29, 1.82) is 0 Å². The van der Waals surface area contributed by atoms with Gasteiger partial charge in [-0.25, -0.2) is 0 Å². The third kappa shape index (κ3) is 5.26. The van der Waals surface area contributed by atoms with Crippen LogP contribution in [0.2, 0.25) is 0 Å². The molecule has 1 aliphatic rings. The van der Waals surface area contributed by atoms with E-state index in [4.69, 9.17) is 0 Å². The molecule has 1 nitrogen and oxygen atoms in total. The van der Waals surface area contributed by atoms with Crippen molar-refractivity contribution in [3.8, 4) is 0 Å². The number of rotatable bonds is 4. The molecular formula is C14H21N. The summed E-state index contributed by atoms with van der Waals surface area (Å²) in [5.74, 6) is 0. The molecule has 1 N–H and O–H groups in total. The molecule has 0 saturated carbocycles. The molecule has 1 aliphatic carbocycles. The summed E-state index contributed by atoms with van der Waals surface area (Å²) in [4.78, 5) is 0. The van der Waals surface area contributed by atoms with E-state index in [2.05, 4.69) is 24.0 Å². The Labute approximate surface area is 93.3 Å². The molecule has 0 radical (unpaired) electrons. The molecular weight excluding hydrogens is 182 g/mol. The largest absolute Gasteiger partial charge is 0.382 e. The van der Waals surface area contributed by atoms with Gasteiger partial charge < -0.3 is 5.32 Å². The highest BCUT2D eigenvalue weighted by Gasteiger charge is 2.07. The predicted octanol–water partition coefficient (Wildman–Crippen LogP) is 3.72. The zero-order valence-corrected chi connectivity index (χ0v) is 9.58. The second-order valence-electron chi connectivity index (χ2n) is 3.89. The molecule has 0 aromatic heterocycles. The lowest BCUT2D eigenvalue weighted by atomic mass is 10.1. The third-order valence-electron chi connectivity index (χ3n) is 2.50. The Morgan fingerprint density at radius 1 is 1.40 bits per heavy atom. The van der Waals surface area contributed by atoms with Gasteiger partial charge in [0.05, 0.1) is 0 Å². The third-order valence-corrected chi connectivity index (χ3v) is 2.50. The van der Waals surface area contributed by atoms with Crippen LogP contribution in [0.5, 0.6) is 0 Å². The molecule has 0 heterocycles. The maximum absolute atomic E-state index is 4.00. The zero-order chi connectivity index (χ0) is 10.9. The quantitative estimate of drug-likeness (QED) is 0.542. The van der Waals surface area contributed by atoms with Gasteiger partial charge in [0.15, 0.2) is 0 Å². The maximum atomic E-state index is 4.00. The number of allylic oxidation sites excluding steroid dienone is 5. The Balaban J connectivity index is 2.33. The Bertz CT molecular complexity index is 271. The van der Waals surface area contributed by atoms with Crippen LogP contribution < -0.4 is 5.32 Å². The van der Waals surface area contributed by atoms with Gasteiger partial charge in [-0.1, -0.05) is 37.0 Å². The number of hydrogen-bond acceptors (Lipinski definition) is 1. The van der Waals surface area contributed by atoms with Crippen LogP contribution in [0.4, 0.5) is 0 Å². The smallest absolute Gasteiger partial charge is 0.0295 e. The first-order chi connectivity index (χ1) is 7.33. The molecule has 1 rings (SSSR count). The molecule has 0 spiro atoms. The highest BCUT2D eigenvalue weighted by molar-refractivity contribution is 5.18. The Morgan fingerprint density at radius 3 is 3.07 bits per heavy atom. The average molecular weight is 203 g/mol. The Kier molecular flexibility index (Phi) is 5.60. The molecule has 0 bridgehead atoms.